The Morgan fingerprint density at radius 1 is 1.19 bits per heavy atom. The van der Waals surface area contributed by atoms with Crippen LogP contribution in [0.4, 0.5) is 11.6 Å². The highest BCUT2D eigenvalue weighted by atomic mass is 16.6. The molecule has 0 amide bonds. The Morgan fingerprint density at radius 2 is 1.92 bits per heavy atom. The molecule has 0 atom stereocenters. The number of aliphatic imine (C=N–C) groups is 1. The van der Waals surface area contributed by atoms with Gasteiger partial charge in [0.25, 0.3) is 5.69 Å². The average Bonchev–Trinajstić information content (AvgIpc) is 2.60. The summed E-state index contributed by atoms with van der Waals surface area (Å²) in [5.74, 6) is 0.556. The van der Waals surface area contributed by atoms with Gasteiger partial charge < -0.3 is 5.73 Å². The van der Waals surface area contributed by atoms with Crippen LogP contribution in [-0.2, 0) is 6.54 Å². The van der Waals surface area contributed by atoms with Crippen molar-refractivity contribution in [1.82, 2.24) is 9.97 Å². The summed E-state index contributed by atoms with van der Waals surface area (Å²) in [5.41, 5.74) is 9.56. The van der Waals surface area contributed by atoms with Crippen molar-refractivity contribution >= 4 is 28.5 Å². The van der Waals surface area contributed by atoms with Crippen LogP contribution >= 0.6 is 0 Å². The zero-order valence-electron chi connectivity index (χ0n) is 14.4. The Labute approximate surface area is 150 Å². The van der Waals surface area contributed by atoms with Gasteiger partial charge in [0.05, 0.1) is 22.7 Å². The Hall–Kier alpha value is -3.55. The Bertz CT molecular complexity index is 998. The maximum absolute atomic E-state index is 10.7. The van der Waals surface area contributed by atoms with E-state index in [1.165, 1.54) is 12.1 Å². The van der Waals surface area contributed by atoms with Gasteiger partial charge in [-0.05, 0) is 31.0 Å². The van der Waals surface area contributed by atoms with Crippen molar-refractivity contribution in [1.29, 1.82) is 0 Å². The molecule has 1 aromatic heterocycles. The molecular formula is C18H18N6O2. The Balaban J connectivity index is 1.74. The largest absolute Gasteiger partial charge is 0.370 e. The Kier molecular flexibility index (Phi) is 4.74. The number of benzene rings is 2. The van der Waals surface area contributed by atoms with Crippen molar-refractivity contribution in [2.24, 2.45) is 10.7 Å². The van der Waals surface area contributed by atoms with Gasteiger partial charge in [-0.15, -0.1) is 0 Å². The summed E-state index contributed by atoms with van der Waals surface area (Å²) < 4.78 is 0. The maximum atomic E-state index is 10.7. The fourth-order valence-corrected chi connectivity index (χ4v) is 2.51. The molecule has 0 spiro atoms. The van der Waals surface area contributed by atoms with Gasteiger partial charge in [0.15, 0.2) is 5.96 Å². The number of fused-ring (bicyclic) bond motifs is 1. The number of nitro groups is 1. The van der Waals surface area contributed by atoms with Crippen LogP contribution in [0.1, 0.15) is 16.8 Å². The quantitative estimate of drug-likeness (QED) is 0.323. The number of guanidine groups is 1. The van der Waals surface area contributed by atoms with Crippen molar-refractivity contribution in [2.75, 3.05) is 5.32 Å². The molecule has 0 saturated carbocycles. The third-order valence-corrected chi connectivity index (χ3v) is 3.86. The lowest BCUT2D eigenvalue weighted by molar-refractivity contribution is -0.384. The molecule has 26 heavy (non-hydrogen) atoms. The highest BCUT2D eigenvalue weighted by Gasteiger charge is 2.06. The molecule has 8 nitrogen and oxygen atoms in total. The van der Waals surface area contributed by atoms with Crippen molar-refractivity contribution in [3.05, 3.63) is 69.4 Å². The van der Waals surface area contributed by atoms with Crippen molar-refractivity contribution < 1.29 is 4.92 Å². The second kappa shape index (κ2) is 7.14. The smallest absolute Gasteiger partial charge is 0.269 e. The molecule has 3 rings (SSSR count). The van der Waals surface area contributed by atoms with Crippen LogP contribution in [0, 0.1) is 24.0 Å². The van der Waals surface area contributed by atoms with E-state index in [4.69, 9.17) is 5.73 Å². The highest BCUT2D eigenvalue weighted by Crippen LogP contribution is 2.18. The van der Waals surface area contributed by atoms with E-state index in [9.17, 15) is 10.1 Å². The number of hydrogen-bond donors (Lipinski definition) is 2. The number of nitrogens with one attached hydrogen (secondary N) is 1. The topological polar surface area (TPSA) is 119 Å². The van der Waals surface area contributed by atoms with E-state index in [1.807, 2.05) is 32.0 Å². The molecule has 0 unspecified atom stereocenters. The number of nitrogens with two attached hydrogens (primary N) is 1. The summed E-state index contributed by atoms with van der Waals surface area (Å²) in [4.78, 5) is 23.3. The van der Waals surface area contributed by atoms with Gasteiger partial charge in [-0.1, -0.05) is 24.3 Å². The molecule has 8 heteroatoms. The maximum Gasteiger partial charge on any atom is 0.269 e. The van der Waals surface area contributed by atoms with Crippen LogP contribution in [0.2, 0.25) is 0 Å². The Morgan fingerprint density at radius 3 is 2.62 bits per heavy atom. The van der Waals surface area contributed by atoms with E-state index in [1.54, 1.807) is 12.1 Å². The molecule has 0 aliphatic rings. The molecule has 0 bridgehead atoms. The number of hydrogen-bond acceptors (Lipinski definition) is 5. The molecule has 132 valence electrons. The first-order valence-electron chi connectivity index (χ1n) is 7.97. The third-order valence-electron chi connectivity index (χ3n) is 3.86. The molecule has 3 aromatic rings. The lowest BCUT2D eigenvalue weighted by atomic mass is 10.1. The van der Waals surface area contributed by atoms with Crippen molar-refractivity contribution in [3.8, 4) is 0 Å². The summed E-state index contributed by atoms with van der Waals surface area (Å²) in [6.07, 6.45) is 0. The summed E-state index contributed by atoms with van der Waals surface area (Å²) in [6.45, 7) is 4.21. The first kappa shape index (κ1) is 17.3. The van der Waals surface area contributed by atoms with E-state index < -0.39 is 4.92 Å². The van der Waals surface area contributed by atoms with Gasteiger partial charge in [0.2, 0.25) is 5.95 Å². The van der Waals surface area contributed by atoms with Gasteiger partial charge in [-0.25, -0.2) is 15.0 Å². The van der Waals surface area contributed by atoms with Gasteiger partial charge in [0.1, 0.15) is 0 Å². The molecule has 0 aliphatic carbocycles. The number of aryl methyl sites for hydroxylation is 2. The second-order valence-corrected chi connectivity index (χ2v) is 5.90. The van der Waals surface area contributed by atoms with Crippen LogP contribution < -0.4 is 11.1 Å². The minimum Gasteiger partial charge on any atom is -0.370 e. The molecule has 1 heterocycles. The number of aromatic nitrogens is 2. The SMILES string of the molecule is Cc1ccc2c(C)nc(NC(N)=NCc3ccc([N+](=O)[O-])cc3)nc2c1. The number of anilines is 1. The predicted molar refractivity (Wildman–Crippen MR) is 101 cm³/mol. The fourth-order valence-electron chi connectivity index (χ4n) is 2.51. The molecule has 0 aliphatic heterocycles. The van der Waals surface area contributed by atoms with Crippen molar-refractivity contribution in [3.63, 3.8) is 0 Å². The summed E-state index contributed by atoms with van der Waals surface area (Å²) in [7, 11) is 0. The predicted octanol–water partition coefficient (Wildman–Crippen LogP) is 3.08. The van der Waals surface area contributed by atoms with E-state index >= 15 is 0 Å². The molecular weight excluding hydrogens is 332 g/mol. The second-order valence-electron chi connectivity index (χ2n) is 5.90. The summed E-state index contributed by atoms with van der Waals surface area (Å²) >= 11 is 0. The number of rotatable bonds is 4. The van der Waals surface area contributed by atoms with E-state index in [2.05, 4.69) is 20.3 Å². The summed E-state index contributed by atoms with van der Waals surface area (Å²) in [5, 5.41) is 14.5. The molecule has 0 fully saturated rings. The third kappa shape index (κ3) is 3.92. The van der Waals surface area contributed by atoms with Gasteiger partial charge in [0, 0.05) is 17.5 Å². The first-order valence-corrected chi connectivity index (χ1v) is 7.97. The minimum atomic E-state index is -0.440. The normalized spacial score (nSPS) is 11.5. The van der Waals surface area contributed by atoms with E-state index in [-0.39, 0.29) is 11.6 Å². The molecule has 0 radical (unpaired) electrons. The van der Waals surface area contributed by atoms with Gasteiger partial charge in [-0.2, -0.15) is 0 Å². The van der Waals surface area contributed by atoms with E-state index in [0.717, 1.165) is 27.7 Å². The lowest BCUT2D eigenvalue weighted by Crippen LogP contribution is -2.24. The standard InChI is InChI=1S/C18H18N6O2/c1-11-3-8-15-12(2)21-18(22-16(15)9-11)23-17(19)20-10-13-4-6-14(7-5-13)24(25)26/h3-9H,10H2,1-2H3,(H3,19,20,21,22,23). The van der Waals surface area contributed by atoms with Crippen molar-refractivity contribution in [2.45, 2.75) is 20.4 Å². The van der Waals surface area contributed by atoms with E-state index in [0.29, 0.717) is 12.5 Å². The average molecular weight is 350 g/mol. The fraction of sp³-hybridized carbons (Fsp3) is 0.167. The summed E-state index contributed by atoms with van der Waals surface area (Å²) in [6, 6.07) is 12.2. The first-order chi connectivity index (χ1) is 12.4. The zero-order chi connectivity index (χ0) is 18.7. The van der Waals surface area contributed by atoms with Gasteiger partial charge >= 0.3 is 0 Å². The van der Waals surface area contributed by atoms with Crippen LogP contribution in [0.25, 0.3) is 10.9 Å². The van der Waals surface area contributed by atoms with Gasteiger partial charge in [-0.3, -0.25) is 15.4 Å². The monoisotopic (exact) mass is 350 g/mol. The van der Waals surface area contributed by atoms with Crippen LogP contribution in [0.15, 0.2) is 47.5 Å². The minimum absolute atomic E-state index is 0.0409. The number of non-ortho nitro benzene ring substituents is 1. The number of nitro benzene ring substituents is 1. The zero-order valence-corrected chi connectivity index (χ0v) is 14.4. The highest BCUT2D eigenvalue weighted by molar-refractivity contribution is 5.92. The lowest BCUT2D eigenvalue weighted by Gasteiger charge is -2.08. The van der Waals surface area contributed by atoms with Crippen LogP contribution in [0.3, 0.4) is 0 Å². The molecule has 2 aromatic carbocycles. The number of nitrogens with zero attached hydrogens (tertiary/aromatic N) is 4. The molecule has 3 N–H and O–H groups in total. The molecule has 0 saturated heterocycles. The van der Waals surface area contributed by atoms with Crippen LogP contribution in [0.5, 0.6) is 0 Å². The van der Waals surface area contributed by atoms with Crippen LogP contribution in [-0.4, -0.2) is 20.9 Å².